The van der Waals surface area contributed by atoms with Crippen LogP contribution in [-0.2, 0) is 19.6 Å². The molecule has 0 fully saturated rings. The minimum absolute atomic E-state index is 0.0476. The summed E-state index contributed by atoms with van der Waals surface area (Å²) in [7, 11) is -3.75. The number of carbonyl (C=O) groups is 1. The molecule has 1 atom stereocenters. The number of thiophene rings is 1. The molecule has 2 aromatic rings. The van der Waals surface area contributed by atoms with E-state index < -0.39 is 16.1 Å². The lowest BCUT2D eigenvalue weighted by molar-refractivity contribution is -0.114. The zero-order valence-corrected chi connectivity index (χ0v) is 16.2. The van der Waals surface area contributed by atoms with Gasteiger partial charge in [0, 0.05) is 19.2 Å². The van der Waals surface area contributed by atoms with Crippen molar-refractivity contribution in [2.24, 2.45) is 0 Å². The normalized spacial score (nSPS) is 12.7. The van der Waals surface area contributed by atoms with E-state index in [0.29, 0.717) is 11.3 Å². The monoisotopic (exact) mass is 398 g/mol. The molecule has 26 heavy (non-hydrogen) atoms. The maximum atomic E-state index is 12.6. The van der Waals surface area contributed by atoms with E-state index in [4.69, 9.17) is 9.84 Å². The molecule has 9 heteroatoms. The first-order valence-corrected chi connectivity index (χ1v) is 10.4. The number of nitrogens with one attached hydrogen (secondary N) is 2. The molecule has 0 bridgehead atoms. The zero-order valence-electron chi connectivity index (χ0n) is 14.6. The van der Waals surface area contributed by atoms with Gasteiger partial charge < -0.3 is 15.2 Å². The molecular weight excluding hydrogens is 376 g/mol. The molecule has 0 aliphatic carbocycles. The minimum atomic E-state index is -3.75. The number of aliphatic hydroxyl groups is 1. The number of hydrogen-bond acceptors (Lipinski definition) is 6. The van der Waals surface area contributed by atoms with Crippen molar-refractivity contribution in [2.45, 2.75) is 24.8 Å². The van der Waals surface area contributed by atoms with Crippen LogP contribution in [0.2, 0.25) is 0 Å². The third kappa shape index (κ3) is 5.61. The Morgan fingerprint density at radius 2 is 2.12 bits per heavy atom. The van der Waals surface area contributed by atoms with Crippen LogP contribution in [-0.4, -0.2) is 39.2 Å². The van der Waals surface area contributed by atoms with Gasteiger partial charge in [-0.25, -0.2) is 13.1 Å². The van der Waals surface area contributed by atoms with Crippen molar-refractivity contribution in [3.63, 3.8) is 0 Å². The molecule has 0 spiro atoms. The van der Waals surface area contributed by atoms with Crippen molar-refractivity contribution in [1.82, 2.24) is 4.72 Å². The summed E-state index contributed by atoms with van der Waals surface area (Å²) in [6, 6.07) is 6.46. The Morgan fingerprint density at radius 3 is 2.69 bits per heavy atom. The summed E-state index contributed by atoms with van der Waals surface area (Å²) < 4.78 is 33.4. The molecular formula is C17H22N2O5S2. The van der Waals surface area contributed by atoms with E-state index in [9.17, 15) is 13.2 Å². The van der Waals surface area contributed by atoms with E-state index in [1.807, 2.05) is 16.8 Å². The summed E-state index contributed by atoms with van der Waals surface area (Å²) in [5.41, 5.74) is 1.91. The predicted molar refractivity (Wildman–Crippen MR) is 101 cm³/mol. The molecule has 2 rings (SSSR count). The SMILES string of the molecule is CC(=O)Nc1ccc(S(=O)(=O)NC[C@H](OCCO)c2ccsc2)c(C)c1. The summed E-state index contributed by atoms with van der Waals surface area (Å²) in [5.74, 6) is -0.224. The Hall–Kier alpha value is -1.78. The van der Waals surface area contributed by atoms with Crippen LogP contribution in [0.15, 0.2) is 39.9 Å². The van der Waals surface area contributed by atoms with Gasteiger partial charge in [-0.3, -0.25) is 4.79 Å². The molecule has 142 valence electrons. The number of carbonyl (C=O) groups excluding carboxylic acids is 1. The number of amides is 1. The lowest BCUT2D eigenvalue weighted by Gasteiger charge is -2.18. The fourth-order valence-electron chi connectivity index (χ4n) is 2.42. The minimum Gasteiger partial charge on any atom is -0.394 e. The third-order valence-electron chi connectivity index (χ3n) is 3.57. The lowest BCUT2D eigenvalue weighted by atomic mass is 10.2. The van der Waals surface area contributed by atoms with Gasteiger partial charge >= 0.3 is 0 Å². The molecule has 0 saturated heterocycles. The number of ether oxygens (including phenoxy) is 1. The number of rotatable bonds is 9. The number of hydrogen-bond donors (Lipinski definition) is 3. The second-order valence-electron chi connectivity index (χ2n) is 5.65. The van der Waals surface area contributed by atoms with E-state index in [-0.39, 0.29) is 30.6 Å². The van der Waals surface area contributed by atoms with Crippen LogP contribution in [0.25, 0.3) is 0 Å². The molecule has 1 heterocycles. The Bertz CT molecular complexity index is 835. The van der Waals surface area contributed by atoms with Crippen LogP contribution in [0, 0.1) is 6.92 Å². The quantitative estimate of drug-likeness (QED) is 0.600. The standard InChI is InChI=1S/C17H22N2O5S2/c1-12-9-15(19-13(2)21)3-4-17(12)26(22,23)18-10-16(24-7-6-20)14-5-8-25-11-14/h3-5,8-9,11,16,18,20H,6-7,10H2,1-2H3,(H,19,21)/t16-/m0/s1. The van der Waals surface area contributed by atoms with Crippen molar-refractivity contribution in [1.29, 1.82) is 0 Å². The molecule has 3 N–H and O–H groups in total. The van der Waals surface area contributed by atoms with Crippen LogP contribution in [0.1, 0.15) is 24.2 Å². The number of aryl methyl sites for hydroxylation is 1. The van der Waals surface area contributed by atoms with Crippen LogP contribution in [0.4, 0.5) is 5.69 Å². The molecule has 0 unspecified atom stereocenters. The second-order valence-corrected chi connectivity index (χ2v) is 8.17. The molecule has 7 nitrogen and oxygen atoms in total. The smallest absolute Gasteiger partial charge is 0.240 e. The van der Waals surface area contributed by atoms with Crippen LogP contribution < -0.4 is 10.0 Å². The van der Waals surface area contributed by atoms with E-state index in [2.05, 4.69) is 10.0 Å². The molecule has 1 aromatic carbocycles. The topological polar surface area (TPSA) is 105 Å². The average Bonchev–Trinajstić information content (AvgIpc) is 3.08. The first-order valence-electron chi connectivity index (χ1n) is 7.96. The highest BCUT2D eigenvalue weighted by Gasteiger charge is 2.21. The Morgan fingerprint density at radius 1 is 1.35 bits per heavy atom. The fraction of sp³-hybridized carbons (Fsp3) is 0.353. The molecule has 1 aromatic heterocycles. The maximum absolute atomic E-state index is 12.6. The average molecular weight is 399 g/mol. The number of anilines is 1. The van der Waals surface area contributed by atoms with Crippen molar-refractivity contribution in [3.05, 3.63) is 46.2 Å². The van der Waals surface area contributed by atoms with Crippen LogP contribution in [0.3, 0.4) is 0 Å². The highest BCUT2D eigenvalue weighted by Crippen LogP contribution is 2.22. The van der Waals surface area contributed by atoms with Gasteiger partial charge in [-0.2, -0.15) is 11.3 Å². The predicted octanol–water partition coefficient (Wildman–Crippen LogP) is 2.04. The number of benzene rings is 1. The van der Waals surface area contributed by atoms with E-state index >= 15 is 0 Å². The molecule has 0 aliphatic rings. The summed E-state index contributed by atoms with van der Waals surface area (Å²) >= 11 is 1.49. The molecule has 1 amide bonds. The van der Waals surface area contributed by atoms with Crippen molar-refractivity contribution in [3.8, 4) is 0 Å². The van der Waals surface area contributed by atoms with Gasteiger partial charge in [-0.1, -0.05) is 0 Å². The van der Waals surface area contributed by atoms with Crippen molar-refractivity contribution >= 4 is 33.0 Å². The highest BCUT2D eigenvalue weighted by molar-refractivity contribution is 7.89. The van der Waals surface area contributed by atoms with E-state index in [1.54, 1.807) is 19.1 Å². The van der Waals surface area contributed by atoms with Gasteiger partial charge in [0.15, 0.2) is 0 Å². The van der Waals surface area contributed by atoms with Crippen LogP contribution in [0.5, 0.6) is 0 Å². The lowest BCUT2D eigenvalue weighted by Crippen LogP contribution is -2.30. The third-order valence-corrected chi connectivity index (χ3v) is 5.85. The van der Waals surface area contributed by atoms with Crippen molar-refractivity contribution < 1.29 is 23.1 Å². The summed E-state index contributed by atoms with van der Waals surface area (Å²) in [6.45, 7) is 3.08. The van der Waals surface area contributed by atoms with Crippen molar-refractivity contribution in [2.75, 3.05) is 25.1 Å². The van der Waals surface area contributed by atoms with E-state index in [1.165, 1.54) is 24.3 Å². The Balaban J connectivity index is 2.13. The van der Waals surface area contributed by atoms with Gasteiger partial charge in [0.2, 0.25) is 15.9 Å². The van der Waals surface area contributed by atoms with Gasteiger partial charge in [0.05, 0.1) is 24.2 Å². The largest absolute Gasteiger partial charge is 0.394 e. The molecule has 0 aliphatic heterocycles. The molecule has 0 saturated carbocycles. The number of aliphatic hydroxyl groups excluding tert-OH is 1. The van der Waals surface area contributed by atoms with Crippen LogP contribution >= 0.6 is 11.3 Å². The fourth-order valence-corrected chi connectivity index (χ4v) is 4.38. The molecule has 0 radical (unpaired) electrons. The van der Waals surface area contributed by atoms with Gasteiger partial charge in [0.1, 0.15) is 0 Å². The van der Waals surface area contributed by atoms with Gasteiger partial charge in [-0.05, 0) is 53.1 Å². The summed E-state index contributed by atoms with van der Waals surface area (Å²) in [5, 5.41) is 15.3. The first-order chi connectivity index (χ1) is 12.3. The Labute approximate surface area is 157 Å². The zero-order chi connectivity index (χ0) is 19.2. The van der Waals surface area contributed by atoms with Gasteiger partial charge in [-0.15, -0.1) is 0 Å². The van der Waals surface area contributed by atoms with Gasteiger partial charge in [0.25, 0.3) is 0 Å². The highest BCUT2D eigenvalue weighted by atomic mass is 32.2. The summed E-state index contributed by atoms with van der Waals surface area (Å²) in [4.78, 5) is 11.2. The first kappa shape index (κ1) is 20.5. The second kappa shape index (κ2) is 9.24. The van der Waals surface area contributed by atoms with E-state index in [0.717, 1.165) is 5.56 Å². The summed E-state index contributed by atoms with van der Waals surface area (Å²) in [6.07, 6.45) is -0.484. The Kier molecular flexibility index (Phi) is 7.30. The maximum Gasteiger partial charge on any atom is 0.240 e. The number of sulfonamides is 1.